The van der Waals surface area contributed by atoms with E-state index in [1.807, 2.05) is 0 Å². The lowest BCUT2D eigenvalue weighted by Crippen LogP contribution is -2.24. The molecule has 0 aliphatic carbocycles. The van der Waals surface area contributed by atoms with Crippen molar-refractivity contribution in [2.45, 2.75) is 27.2 Å². The van der Waals surface area contributed by atoms with E-state index in [0.29, 0.717) is 17.7 Å². The molecule has 0 aliphatic rings. The quantitative estimate of drug-likeness (QED) is 0.289. The molecule has 0 unspecified atom stereocenters. The number of nitrogens with zero attached hydrogens (tertiary/aromatic N) is 1. The van der Waals surface area contributed by atoms with Crippen LogP contribution in [0.1, 0.15) is 34.8 Å². The molecule has 0 atom stereocenters. The molecule has 30 heavy (non-hydrogen) atoms. The van der Waals surface area contributed by atoms with Crippen LogP contribution >= 0.6 is 0 Å². The number of esters is 1. The van der Waals surface area contributed by atoms with Crippen molar-refractivity contribution >= 4 is 29.0 Å². The highest BCUT2D eigenvalue weighted by molar-refractivity contribution is 5.96. The number of carbonyl (C=O) groups excluding carboxylic acids is 3. The summed E-state index contributed by atoms with van der Waals surface area (Å²) >= 11 is 0. The fourth-order valence-corrected chi connectivity index (χ4v) is 2.51. The van der Waals surface area contributed by atoms with Crippen LogP contribution < -0.4 is 10.1 Å². The van der Waals surface area contributed by atoms with E-state index in [9.17, 15) is 24.5 Å². The zero-order valence-corrected chi connectivity index (χ0v) is 16.9. The van der Waals surface area contributed by atoms with Crippen molar-refractivity contribution in [1.82, 2.24) is 0 Å². The summed E-state index contributed by atoms with van der Waals surface area (Å²) in [5, 5.41) is 13.5. The molecule has 0 aromatic heterocycles. The third-order valence-electron chi connectivity index (χ3n) is 4.30. The number of hydrogen-bond acceptors (Lipinski definition) is 7. The summed E-state index contributed by atoms with van der Waals surface area (Å²) in [5.74, 6) is -1.13. The zero-order chi connectivity index (χ0) is 22.3. The molecule has 0 spiro atoms. The molecular weight excluding hydrogens is 392 g/mol. The fraction of sp³-hybridized carbons (Fsp3) is 0.286. The van der Waals surface area contributed by atoms with Crippen molar-refractivity contribution in [3.8, 4) is 5.75 Å². The molecule has 0 saturated carbocycles. The highest BCUT2D eigenvalue weighted by Crippen LogP contribution is 2.27. The summed E-state index contributed by atoms with van der Waals surface area (Å²) in [6.07, 6.45) is 0.389. The Morgan fingerprint density at radius 3 is 2.27 bits per heavy atom. The minimum atomic E-state index is -0.784. The summed E-state index contributed by atoms with van der Waals surface area (Å²) in [6, 6.07) is 9.16. The predicted octanol–water partition coefficient (Wildman–Crippen LogP) is 3.37. The van der Waals surface area contributed by atoms with E-state index in [2.05, 4.69) is 5.32 Å². The van der Waals surface area contributed by atoms with Crippen LogP contribution in [0.3, 0.4) is 0 Å². The molecule has 9 heteroatoms. The van der Waals surface area contributed by atoms with Gasteiger partial charge in [-0.3, -0.25) is 19.7 Å². The first kappa shape index (κ1) is 22.5. The molecular formula is C21H22N2O7. The molecule has 9 nitrogen and oxygen atoms in total. The van der Waals surface area contributed by atoms with Gasteiger partial charge in [-0.05, 0) is 55.3 Å². The molecule has 1 amide bonds. The number of rotatable bonds is 9. The van der Waals surface area contributed by atoms with Gasteiger partial charge in [0.05, 0.1) is 4.92 Å². The molecule has 2 aromatic rings. The monoisotopic (exact) mass is 414 g/mol. The number of nitro benzene ring substituents is 1. The summed E-state index contributed by atoms with van der Waals surface area (Å²) in [4.78, 5) is 45.9. The van der Waals surface area contributed by atoms with Crippen LogP contribution in [0.15, 0.2) is 36.4 Å². The zero-order valence-electron chi connectivity index (χ0n) is 16.9. The van der Waals surface area contributed by atoms with Crippen LogP contribution in [0.25, 0.3) is 0 Å². The number of Topliss-reactive ketones (excluding diaryl/α,β-unsaturated/α-hetero) is 1. The Morgan fingerprint density at radius 2 is 1.67 bits per heavy atom. The molecule has 0 saturated heterocycles. The lowest BCUT2D eigenvalue weighted by Gasteiger charge is -2.10. The SMILES string of the molecule is CCC(=O)c1ccc(OCC(=O)OCC(=O)Nc2cc(C)c(C)cc2[N+](=O)[O-])cc1. The summed E-state index contributed by atoms with van der Waals surface area (Å²) in [5.41, 5.74) is 1.82. The fourth-order valence-electron chi connectivity index (χ4n) is 2.51. The second kappa shape index (κ2) is 10.1. The maximum atomic E-state index is 12.0. The third-order valence-corrected chi connectivity index (χ3v) is 4.30. The van der Waals surface area contributed by atoms with Crippen molar-refractivity contribution in [3.05, 3.63) is 63.2 Å². The van der Waals surface area contributed by atoms with Crippen LogP contribution in [-0.4, -0.2) is 35.8 Å². The molecule has 0 fully saturated rings. The van der Waals surface area contributed by atoms with Crippen LogP contribution in [0.2, 0.25) is 0 Å². The lowest BCUT2D eigenvalue weighted by atomic mass is 10.1. The van der Waals surface area contributed by atoms with E-state index in [1.54, 1.807) is 45.0 Å². The first-order valence-electron chi connectivity index (χ1n) is 9.18. The van der Waals surface area contributed by atoms with Gasteiger partial charge < -0.3 is 14.8 Å². The molecule has 0 heterocycles. The minimum Gasteiger partial charge on any atom is -0.482 e. The number of ketones is 1. The third kappa shape index (κ3) is 6.13. The Morgan fingerprint density at radius 1 is 1.03 bits per heavy atom. The van der Waals surface area contributed by atoms with E-state index in [0.717, 1.165) is 11.1 Å². The van der Waals surface area contributed by atoms with Crippen LogP contribution in [-0.2, 0) is 14.3 Å². The molecule has 0 bridgehead atoms. The molecule has 0 radical (unpaired) electrons. The first-order chi connectivity index (χ1) is 14.2. The van der Waals surface area contributed by atoms with Crippen molar-refractivity contribution in [2.24, 2.45) is 0 Å². The van der Waals surface area contributed by atoms with Gasteiger partial charge in [-0.15, -0.1) is 0 Å². The van der Waals surface area contributed by atoms with Crippen molar-refractivity contribution < 1.29 is 28.8 Å². The van der Waals surface area contributed by atoms with Crippen LogP contribution in [0, 0.1) is 24.0 Å². The molecule has 2 rings (SSSR count). The van der Waals surface area contributed by atoms with Crippen molar-refractivity contribution in [2.75, 3.05) is 18.5 Å². The number of amides is 1. The van der Waals surface area contributed by atoms with Gasteiger partial charge in [0.2, 0.25) is 0 Å². The Balaban J connectivity index is 1.85. The standard InChI is InChI=1S/C21H22N2O7/c1-4-19(24)15-5-7-16(8-6-15)29-12-21(26)30-11-20(25)22-17-9-13(2)14(3)10-18(17)23(27)28/h5-10H,4,11-12H2,1-3H3,(H,22,25). The number of aryl methyl sites for hydroxylation is 2. The van der Waals surface area contributed by atoms with Gasteiger partial charge in [0, 0.05) is 18.1 Å². The van der Waals surface area contributed by atoms with Gasteiger partial charge in [-0.25, -0.2) is 4.79 Å². The summed E-state index contributed by atoms with van der Waals surface area (Å²) in [7, 11) is 0. The molecule has 158 valence electrons. The smallest absolute Gasteiger partial charge is 0.344 e. The Kier molecular flexibility index (Phi) is 7.62. The number of nitrogens with one attached hydrogen (secondary N) is 1. The normalized spacial score (nSPS) is 10.2. The highest BCUT2D eigenvalue weighted by Gasteiger charge is 2.18. The first-order valence-corrected chi connectivity index (χ1v) is 9.18. The minimum absolute atomic E-state index is 0.00372. The van der Waals surface area contributed by atoms with Crippen LogP contribution in [0.5, 0.6) is 5.75 Å². The van der Waals surface area contributed by atoms with E-state index < -0.39 is 30.0 Å². The van der Waals surface area contributed by atoms with Gasteiger partial charge in [-0.2, -0.15) is 0 Å². The highest BCUT2D eigenvalue weighted by atomic mass is 16.6. The largest absolute Gasteiger partial charge is 0.482 e. The second-order valence-electron chi connectivity index (χ2n) is 6.51. The van der Waals surface area contributed by atoms with Crippen molar-refractivity contribution in [1.29, 1.82) is 0 Å². The van der Waals surface area contributed by atoms with Crippen LogP contribution in [0.4, 0.5) is 11.4 Å². The van der Waals surface area contributed by atoms with E-state index in [-0.39, 0.29) is 17.2 Å². The van der Waals surface area contributed by atoms with Gasteiger partial charge in [-0.1, -0.05) is 6.92 Å². The Labute approximate surface area is 173 Å². The van der Waals surface area contributed by atoms with Gasteiger partial charge in [0.15, 0.2) is 19.0 Å². The Hall–Kier alpha value is -3.75. The number of anilines is 1. The number of benzene rings is 2. The number of ether oxygens (including phenoxy) is 2. The van der Waals surface area contributed by atoms with Gasteiger partial charge in [0.1, 0.15) is 11.4 Å². The maximum Gasteiger partial charge on any atom is 0.344 e. The molecule has 0 aliphatic heterocycles. The van der Waals surface area contributed by atoms with E-state index in [4.69, 9.17) is 9.47 Å². The summed E-state index contributed by atoms with van der Waals surface area (Å²) < 4.78 is 10.1. The van der Waals surface area contributed by atoms with Gasteiger partial charge in [0.25, 0.3) is 11.6 Å². The average Bonchev–Trinajstić information content (AvgIpc) is 2.72. The van der Waals surface area contributed by atoms with E-state index in [1.165, 1.54) is 12.1 Å². The Bertz CT molecular complexity index is 968. The number of nitro groups is 1. The average molecular weight is 414 g/mol. The lowest BCUT2D eigenvalue weighted by molar-refractivity contribution is -0.384. The summed E-state index contributed by atoms with van der Waals surface area (Å²) in [6.45, 7) is 4.20. The topological polar surface area (TPSA) is 125 Å². The number of hydrogen-bond donors (Lipinski definition) is 1. The molecule has 1 N–H and O–H groups in total. The van der Waals surface area contributed by atoms with Gasteiger partial charge >= 0.3 is 5.97 Å². The predicted molar refractivity (Wildman–Crippen MR) is 109 cm³/mol. The second-order valence-corrected chi connectivity index (χ2v) is 6.51. The van der Waals surface area contributed by atoms with E-state index >= 15 is 0 Å². The maximum absolute atomic E-state index is 12.0. The van der Waals surface area contributed by atoms with Crippen molar-refractivity contribution in [3.63, 3.8) is 0 Å². The molecule has 2 aromatic carbocycles. The number of carbonyl (C=O) groups is 3.